The normalized spacial score (nSPS) is 12.5. The molecule has 11 N–H and O–H groups in total. The predicted molar refractivity (Wildman–Crippen MR) is 390 cm³/mol. The van der Waals surface area contributed by atoms with Gasteiger partial charge in [-0.1, -0.05) is 109 Å². The van der Waals surface area contributed by atoms with E-state index < -0.39 is 0 Å². The number of allylic oxidation sites excluding steroid dienone is 1. The highest BCUT2D eigenvalue weighted by Crippen LogP contribution is 2.34. The van der Waals surface area contributed by atoms with Crippen molar-refractivity contribution in [3.8, 4) is 29.2 Å². The Balaban J connectivity index is 0.000000192. The highest BCUT2D eigenvalue weighted by atomic mass is 32.2. The summed E-state index contributed by atoms with van der Waals surface area (Å²) >= 11 is 2.85. The summed E-state index contributed by atoms with van der Waals surface area (Å²) in [5.41, 5.74) is 23.9. The first kappa shape index (κ1) is 77.2. The van der Waals surface area contributed by atoms with Crippen LogP contribution < -0.4 is 48.2 Å². The summed E-state index contributed by atoms with van der Waals surface area (Å²) in [5, 5.41) is 34.9. The maximum absolute atomic E-state index is 13.2. The van der Waals surface area contributed by atoms with Crippen LogP contribution in [-0.4, -0.2) is 151 Å². The zero-order valence-electron chi connectivity index (χ0n) is 57.3. The maximum Gasteiger partial charge on any atom is 0.251 e. The fourth-order valence-electron chi connectivity index (χ4n) is 9.39. The van der Waals surface area contributed by atoms with Crippen LogP contribution in [0.25, 0.3) is 11.4 Å². The molecular formula is C74H86N12O12S2. The van der Waals surface area contributed by atoms with E-state index >= 15 is 0 Å². The van der Waals surface area contributed by atoms with Crippen molar-refractivity contribution in [3.63, 3.8) is 0 Å². The largest absolute Gasteiger partial charge is 0.474 e. The van der Waals surface area contributed by atoms with Crippen LogP contribution in [-0.2, 0) is 14.2 Å². The zero-order valence-corrected chi connectivity index (χ0v) is 58.9. The smallest absolute Gasteiger partial charge is 0.251 e. The molecule has 0 bridgehead atoms. The Morgan fingerprint density at radius 1 is 0.520 bits per heavy atom. The molecule has 0 radical (unpaired) electrons. The van der Waals surface area contributed by atoms with Crippen molar-refractivity contribution in [2.24, 2.45) is 5.84 Å². The number of thioether (sulfide) groups is 2. The summed E-state index contributed by atoms with van der Waals surface area (Å²) in [5.74, 6) is 4.81. The van der Waals surface area contributed by atoms with Gasteiger partial charge in [-0.3, -0.25) is 34.6 Å². The van der Waals surface area contributed by atoms with E-state index in [4.69, 9.17) is 46.6 Å². The molecule has 3 aliphatic carbocycles. The number of nitrogen functional groups attached to an aromatic ring is 3. The molecule has 526 valence electrons. The number of nitriles is 1. The number of ketones is 3. The fraction of sp³-hybridized carbons (Fsp3) is 0.311. The number of Topliss-reactive ketones (excluding diaryl/α,β-unsaturated/α-hetero) is 1. The molecule has 0 saturated heterocycles. The van der Waals surface area contributed by atoms with Gasteiger partial charge in [0.15, 0.2) is 0 Å². The Bertz CT molecular complexity index is 3980. The molecule has 100 heavy (non-hydrogen) atoms. The van der Waals surface area contributed by atoms with Gasteiger partial charge in [0.2, 0.25) is 29.1 Å². The van der Waals surface area contributed by atoms with Gasteiger partial charge in [-0.15, -0.1) is 33.7 Å². The fourth-order valence-corrected chi connectivity index (χ4v) is 10.7. The second kappa shape index (κ2) is 38.9. The van der Waals surface area contributed by atoms with Crippen LogP contribution in [0, 0.1) is 32.1 Å². The molecule has 6 aromatic carbocycles. The third-order valence-electron chi connectivity index (χ3n) is 15.4. The Morgan fingerprint density at radius 2 is 0.880 bits per heavy atom. The first-order chi connectivity index (χ1) is 48.3. The van der Waals surface area contributed by atoms with Crippen molar-refractivity contribution in [3.05, 3.63) is 217 Å². The van der Waals surface area contributed by atoms with E-state index in [2.05, 4.69) is 36.3 Å². The summed E-state index contributed by atoms with van der Waals surface area (Å²) in [6, 6.07) is 45.5. The van der Waals surface area contributed by atoms with Gasteiger partial charge in [0, 0.05) is 72.8 Å². The lowest BCUT2D eigenvalue weighted by Gasteiger charge is -2.11. The summed E-state index contributed by atoms with van der Waals surface area (Å²) in [4.78, 5) is 75.3. The molecule has 0 atom stereocenters. The third-order valence-corrected chi connectivity index (χ3v) is 17.5. The van der Waals surface area contributed by atoms with Crippen LogP contribution in [0.3, 0.4) is 0 Å². The van der Waals surface area contributed by atoms with Gasteiger partial charge in [0.05, 0.1) is 47.7 Å². The minimum atomic E-state index is -0.290. The maximum atomic E-state index is 13.2. The number of aryl methyl sites for hydroxylation is 3. The van der Waals surface area contributed by atoms with Gasteiger partial charge in [-0.05, 0) is 125 Å². The molecule has 24 nitrogen and oxygen atoms in total. The van der Waals surface area contributed by atoms with Crippen LogP contribution in [0.2, 0.25) is 0 Å². The molecule has 2 aromatic heterocycles. The van der Waals surface area contributed by atoms with Crippen LogP contribution in [0.5, 0.6) is 11.8 Å². The number of carbonyl (C=O) groups excluding carboxylic acids is 6. The lowest BCUT2D eigenvalue weighted by atomic mass is 10.1. The first-order valence-corrected chi connectivity index (χ1v) is 34.6. The number of anilines is 3. The van der Waals surface area contributed by atoms with Gasteiger partial charge >= 0.3 is 0 Å². The number of hydrogen-bond donors (Lipinski definition) is 8. The number of amides is 3. The number of rotatable bonds is 27. The van der Waals surface area contributed by atoms with E-state index in [-0.39, 0.29) is 107 Å². The van der Waals surface area contributed by atoms with Gasteiger partial charge in [-0.25, -0.2) is 9.36 Å². The minimum absolute atomic E-state index is 0.0194. The van der Waals surface area contributed by atoms with Gasteiger partial charge in [0.1, 0.15) is 47.6 Å². The van der Waals surface area contributed by atoms with Crippen LogP contribution in [0.1, 0.15) is 128 Å². The highest BCUT2D eigenvalue weighted by molar-refractivity contribution is 8.21. The molecule has 3 amide bonds. The Morgan fingerprint density at radius 3 is 1.20 bits per heavy atom. The predicted octanol–water partition coefficient (Wildman–Crippen LogP) is 9.95. The number of hydrogen-bond acceptors (Lipinski definition) is 21. The minimum Gasteiger partial charge on any atom is -0.474 e. The third kappa shape index (κ3) is 21.9. The zero-order chi connectivity index (χ0) is 72.3. The lowest BCUT2D eigenvalue weighted by molar-refractivity contribution is 0.0942. The van der Waals surface area contributed by atoms with Crippen molar-refractivity contribution in [1.82, 2.24) is 35.5 Å². The topological polar surface area (TPSA) is 354 Å². The Kier molecular flexibility index (Phi) is 30.0. The molecule has 11 rings (SSSR count). The number of ether oxygens (including phenoxy) is 5. The molecule has 26 heteroatoms. The average molecular weight is 1400 g/mol. The second-order valence-corrected chi connectivity index (χ2v) is 24.9. The molecule has 3 saturated carbocycles. The van der Waals surface area contributed by atoms with Gasteiger partial charge < -0.3 is 61.6 Å². The summed E-state index contributed by atoms with van der Waals surface area (Å²) in [6.07, 6.45) is 9.93. The summed E-state index contributed by atoms with van der Waals surface area (Å²) in [7, 11) is 4.68. The van der Waals surface area contributed by atoms with E-state index in [1.807, 2.05) is 81.8 Å². The number of nitrogens with two attached hydrogens (primary N) is 3. The molecule has 2 heterocycles. The number of methoxy groups -OCH3 is 3. The second-order valence-electron chi connectivity index (χ2n) is 23.0. The van der Waals surface area contributed by atoms with E-state index in [0.29, 0.717) is 70.6 Å². The van der Waals surface area contributed by atoms with Gasteiger partial charge in [0.25, 0.3) is 17.7 Å². The van der Waals surface area contributed by atoms with Crippen molar-refractivity contribution in [2.75, 3.05) is 90.4 Å². The quantitative estimate of drug-likeness (QED) is 0.00592. The number of hydrazine groups is 1. The number of carbonyl (C=O) groups is 6. The van der Waals surface area contributed by atoms with E-state index in [0.717, 1.165) is 65.1 Å². The Labute approximate surface area is 590 Å². The van der Waals surface area contributed by atoms with Gasteiger partial charge in [-0.2, -0.15) is 5.26 Å². The summed E-state index contributed by atoms with van der Waals surface area (Å²) in [6.45, 7) is 7.39. The van der Waals surface area contributed by atoms with E-state index in [9.17, 15) is 28.8 Å². The van der Waals surface area contributed by atoms with Crippen molar-refractivity contribution in [1.29, 1.82) is 5.26 Å². The van der Waals surface area contributed by atoms with Crippen molar-refractivity contribution in [2.45, 2.75) is 77.4 Å². The SMILES string of the molecule is COCCO.COCCOc1nn(-c2cc(C(=O)NC3CC3)ccc2C)c(N)c1C(=O)c1ccccc1.COCCOc1nn(-c2cc(C(=O)NC3CC3)ccc2C)c(N)c1C(=O)c1ccccc1.CSC(SC)=C(C#N)C(=O)c1ccccc1.Cc1ccc(C(=O)NC2CC2)cc1NN. The molecular weight excluding hydrogens is 1310 g/mol. The number of aliphatic hydroxyl groups is 1. The molecule has 8 aromatic rings. The van der Waals surface area contributed by atoms with Crippen LogP contribution in [0.15, 0.2) is 155 Å². The molecule has 0 unspecified atom stereocenters. The van der Waals surface area contributed by atoms with Crippen LogP contribution >= 0.6 is 23.5 Å². The number of aliphatic hydroxyl groups excluding tert-OH is 1. The summed E-state index contributed by atoms with van der Waals surface area (Å²) < 4.78 is 29.7. The molecule has 0 spiro atoms. The monoisotopic (exact) mass is 1400 g/mol. The van der Waals surface area contributed by atoms with Crippen molar-refractivity contribution < 1.29 is 57.6 Å². The Hall–Kier alpha value is -10.1. The van der Waals surface area contributed by atoms with Crippen molar-refractivity contribution >= 4 is 75.9 Å². The first-order valence-electron chi connectivity index (χ1n) is 32.2. The lowest BCUT2D eigenvalue weighted by Crippen LogP contribution is -2.25. The van der Waals surface area contributed by atoms with E-state index in [1.165, 1.54) is 32.9 Å². The van der Waals surface area contributed by atoms with Crippen LogP contribution in [0.4, 0.5) is 17.3 Å². The van der Waals surface area contributed by atoms with E-state index in [1.54, 1.807) is 124 Å². The number of nitrogens with one attached hydrogen (secondary N) is 4. The number of nitrogens with zero attached hydrogens (tertiary/aromatic N) is 5. The molecule has 0 aliphatic heterocycles. The highest BCUT2D eigenvalue weighted by Gasteiger charge is 2.31. The number of aromatic nitrogens is 4. The molecule has 3 aliphatic rings. The number of benzene rings is 6. The standard InChI is InChI=1S/2C24H26N4O4.C12H11NOS2.C11H15N3O.C3H8O2/c2*1-15-8-9-17(23(30)26-18-10-11-18)14-19(15)28-22(25)20(24(27-28)32-13-12-31-2)21(29)16-6-4-3-5-7-16;1-15-12(16-2)10(8-13)11(14)9-6-4-3-5-7-9;1-7-2-3-8(6-10(7)14-12)11(15)13-9-4-5-9;1-5-3-2-4/h2*3-9,14,18H,10-13,25H2,1-2H3,(H,26,30);3-7H,1-2H3;2-3,6,9,14H,4-5,12H2,1H3,(H,13,15);4H,2-3H2,1H3. The molecule has 3 fully saturated rings. The average Bonchev–Trinajstić information content (AvgIpc) is 1.63.